The zero-order valence-corrected chi connectivity index (χ0v) is 14.3. The number of amides is 1. The van der Waals surface area contributed by atoms with Crippen molar-refractivity contribution in [2.24, 2.45) is 4.99 Å². The quantitative estimate of drug-likeness (QED) is 0.370. The molecular formula is C17H28N4O2. The van der Waals surface area contributed by atoms with Gasteiger partial charge in [0.25, 0.3) is 0 Å². The maximum atomic E-state index is 11.5. The number of carbonyl (C=O) groups excluding carboxylic acids is 1. The number of nitrogens with one attached hydrogen (secondary N) is 3. The lowest BCUT2D eigenvalue weighted by Crippen LogP contribution is -2.38. The topological polar surface area (TPSA) is 74.8 Å². The van der Waals surface area contributed by atoms with Crippen LogP contribution in [0.5, 0.6) is 0 Å². The third-order valence-electron chi connectivity index (χ3n) is 3.14. The number of hydrogen-bond donors (Lipinski definition) is 3. The van der Waals surface area contributed by atoms with Gasteiger partial charge in [0.2, 0.25) is 5.91 Å². The van der Waals surface area contributed by atoms with Crippen molar-refractivity contribution in [2.75, 3.05) is 32.1 Å². The highest BCUT2D eigenvalue weighted by atomic mass is 16.5. The predicted octanol–water partition coefficient (Wildman–Crippen LogP) is 2.13. The number of ether oxygens (including phenoxy) is 1. The zero-order chi connectivity index (χ0) is 16.9. The molecule has 0 aromatic heterocycles. The Morgan fingerprint density at radius 2 is 1.91 bits per heavy atom. The number of carbonyl (C=O) groups is 1. The molecule has 0 unspecified atom stereocenters. The molecule has 0 fully saturated rings. The van der Waals surface area contributed by atoms with E-state index in [0.29, 0.717) is 19.6 Å². The van der Waals surface area contributed by atoms with Crippen molar-refractivity contribution in [2.45, 2.75) is 33.2 Å². The summed E-state index contributed by atoms with van der Waals surface area (Å²) in [6.07, 6.45) is 1.40. The summed E-state index contributed by atoms with van der Waals surface area (Å²) in [5.74, 6) is 0.794. The number of anilines is 1. The smallest absolute Gasteiger partial charge is 0.224 e. The van der Waals surface area contributed by atoms with Crippen LogP contribution in [0.2, 0.25) is 0 Å². The van der Waals surface area contributed by atoms with Crippen LogP contribution in [0.25, 0.3) is 0 Å². The minimum absolute atomic E-state index is 0.0530. The first kappa shape index (κ1) is 19.0. The van der Waals surface area contributed by atoms with Gasteiger partial charge in [-0.05, 0) is 31.0 Å². The number of guanidine groups is 1. The van der Waals surface area contributed by atoms with E-state index in [1.807, 2.05) is 38.1 Å². The minimum atomic E-state index is 0.0530. The Balaban J connectivity index is 2.37. The summed E-state index contributed by atoms with van der Waals surface area (Å²) in [5, 5.41) is 9.30. The number of nitrogens with zero attached hydrogens (tertiary/aromatic N) is 1. The van der Waals surface area contributed by atoms with Gasteiger partial charge in [-0.1, -0.05) is 19.1 Å². The number of rotatable bonds is 9. The molecule has 0 heterocycles. The van der Waals surface area contributed by atoms with Gasteiger partial charge in [0.05, 0.1) is 6.61 Å². The van der Waals surface area contributed by atoms with Gasteiger partial charge < -0.3 is 20.7 Å². The van der Waals surface area contributed by atoms with E-state index in [4.69, 9.17) is 4.74 Å². The van der Waals surface area contributed by atoms with Gasteiger partial charge in [0.1, 0.15) is 0 Å². The Morgan fingerprint density at radius 3 is 2.52 bits per heavy atom. The van der Waals surface area contributed by atoms with E-state index in [1.54, 1.807) is 7.05 Å². The lowest BCUT2D eigenvalue weighted by molar-refractivity contribution is -0.116. The summed E-state index contributed by atoms with van der Waals surface area (Å²) in [7, 11) is 1.74. The lowest BCUT2D eigenvalue weighted by atomic mass is 10.2. The summed E-state index contributed by atoms with van der Waals surface area (Å²) in [6.45, 7) is 6.72. The van der Waals surface area contributed by atoms with E-state index < -0.39 is 0 Å². The summed E-state index contributed by atoms with van der Waals surface area (Å²) < 4.78 is 5.27. The molecule has 6 heteroatoms. The van der Waals surface area contributed by atoms with Gasteiger partial charge in [-0.3, -0.25) is 9.79 Å². The van der Waals surface area contributed by atoms with Crippen LogP contribution in [0.3, 0.4) is 0 Å². The van der Waals surface area contributed by atoms with E-state index in [1.165, 1.54) is 0 Å². The first-order valence-corrected chi connectivity index (χ1v) is 8.10. The predicted molar refractivity (Wildman–Crippen MR) is 94.7 cm³/mol. The van der Waals surface area contributed by atoms with Crippen LogP contribution in [0.1, 0.15) is 32.3 Å². The molecule has 1 aromatic rings. The molecule has 0 saturated heterocycles. The van der Waals surface area contributed by atoms with E-state index in [2.05, 4.69) is 20.9 Å². The van der Waals surface area contributed by atoms with E-state index >= 15 is 0 Å². The molecule has 23 heavy (non-hydrogen) atoms. The molecule has 1 aromatic carbocycles. The molecule has 0 aliphatic heterocycles. The second-order valence-electron chi connectivity index (χ2n) is 5.04. The second kappa shape index (κ2) is 11.5. The molecule has 128 valence electrons. The van der Waals surface area contributed by atoms with Crippen LogP contribution in [-0.2, 0) is 16.1 Å². The monoisotopic (exact) mass is 320 g/mol. The maximum Gasteiger partial charge on any atom is 0.224 e. The third kappa shape index (κ3) is 8.21. The Kier molecular flexibility index (Phi) is 9.47. The summed E-state index contributed by atoms with van der Waals surface area (Å²) in [6, 6.07) is 7.80. The summed E-state index contributed by atoms with van der Waals surface area (Å²) in [4.78, 5) is 15.7. The first-order valence-electron chi connectivity index (χ1n) is 8.10. The average Bonchev–Trinajstić information content (AvgIpc) is 2.56. The van der Waals surface area contributed by atoms with Crippen LogP contribution in [0.15, 0.2) is 29.3 Å². The Labute approximate surface area is 138 Å². The zero-order valence-electron chi connectivity index (χ0n) is 14.3. The normalized spacial score (nSPS) is 11.2. The third-order valence-corrected chi connectivity index (χ3v) is 3.14. The number of hydrogen-bond acceptors (Lipinski definition) is 3. The van der Waals surface area contributed by atoms with Gasteiger partial charge >= 0.3 is 0 Å². The molecule has 3 N–H and O–H groups in total. The Hall–Kier alpha value is -2.08. The van der Waals surface area contributed by atoms with Crippen molar-refractivity contribution in [3.8, 4) is 0 Å². The minimum Gasteiger partial charge on any atom is -0.380 e. The lowest BCUT2D eigenvalue weighted by Gasteiger charge is -2.12. The number of benzene rings is 1. The Bertz CT molecular complexity index is 486. The van der Waals surface area contributed by atoms with Crippen molar-refractivity contribution in [3.63, 3.8) is 0 Å². The maximum absolute atomic E-state index is 11.5. The average molecular weight is 320 g/mol. The fourth-order valence-corrected chi connectivity index (χ4v) is 1.95. The van der Waals surface area contributed by atoms with E-state index in [-0.39, 0.29) is 5.91 Å². The van der Waals surface area contributed by atoms with Gasteiger partial charge in [-0.15, -0.1) is 0 Å². The number of aliphatic imine (C=N–C) groups is 1. The fourth-order valence-electron chi connectivity index (χ4n) is 1.95. The highest BCUT2D eigenvalue weighted by Gasteiger charge is 2.01. The highest BCUT2D eigenvalue weighted by molar-refractivity contribution is 5.90. The van der Waals surface area contributed by atoms with Crippen LogP contribution >= 0.6 is 0 Å². The molecule has 0 aliphatic rings. The molecule has 0 saturated carbocycles. The molecule has 6 nitrogen and oxygen atoms in total. The highest BCUT2D eigenvalue weighted by Crippen LogP contribution is 2.10. The molecule has 0 spiro atoms. The van der Waals surface area contributed by atoms with E-state index in [0.717, 1.165) is 36.8 Å². The van der Waals surface area contributed by atoms with Crippen molar-refractivity contribution >= 4 is 17.6 Å². The largest absolute Gasteiger partial charge is 0.380 e. The summed E-state index contributed by atoms with van der Waals surface area (Å²) in [5.41, 5.74) is 1.94. The summed E-state index contributed by atoms with van der Waals surface area (Å²) >= 11 is 0. The van der Waals surface area contributed by atoms with Gasteiger partial charge in [0.15, 0.2) is 5.96 Å². The molecule has 0 aliphatic carbocycles. The van der Waals surface area contributed by atoms with E-state index in [9.17, 15) is 4.79 Å². The Morgan fingerprint density at radius 1 is 1.17 bits per heavy atom. The van der Waals surface area contributed by atoms with Crippen LogP contribution in [0.4, 0.5) is 5.69 Å². The first-order chi connectivity index (χ1) is 11.2. The molecule has 0 atom stereocenters. The van der Waals surface area contributed by atoms with Crippen molar-refractivity contribution in [1.82, 2.24) is 10.6 Å². The molecular weight excluding hydrogens is 292 g/mol. The SMILES string of the molecule is CCCC(=O)Nc1ccc(CNC(=NC)NCCOCC)cc1. The van der Waals surface area contributed by atoms with Gasteiger partial charge in [-0.2, -0.15) is 0 Å². The molecule has 1 rings (SSSR count). The fraction of sp³-hybridized carbons (Fsp3) is 0.529. The van der Waals surface area contributed by atoms with Crippen molar-refractivity contribution < 1.29 is 9.53 Å². The molecule has 0 bridgehead atoms. The van der Waals surface area contributed by atoms with Crippen LogP contribution in [-0.4, -0.2) is 38.7 Å². The van der Waals surface area contributed by atoms with Gasteiger partial charge in [-0.25, -0.2) is 0 Å². The van der Waals surface area contributed by atoms with Crippen LogP contribution < -0.4 is 16.0 Å². The molecule has 0 radical (unpaired) electrons. The van der Waals surface area contributed by atoms with Gasteiger partial charge in [0, 0.05) is 38.9 Å². The van der Waals surface area contributed by atoms with Crippen molar-refractivity contribution in [3.05, 3.63) is 29.8 Å². The van der Waals surface area contributed by atoms with Crippen molar-refractivity contribution in [1.29, 1.82) is 0 Å². The standard InChI is InChI=1S/C17H28N4O2/c1-4-6-16(22)21-15-9-7-14(8-10-15)13-20-17(18-3)19-11-12-23-5-2/h7-10H,4-6,11-13H2,1-3H3,(H,21,22)(H2,18,19,20). The molecule has 1 amide bonds. The second-order valence-corrected chi connectivity index (χ2v) is 5.04. The van der Waals surface area contributed by atoms with Crippen LogP contribution in [0, 0.1) is 0 Å².